The van der Waals surface area contributed by atoms with Gasteiger partial charge in [-0.2, -0.15) is 0 Å². The van der Waals surface area contributed by atoms with Gasteiger partial charge in [-0.15, -0.1) is 0 Å². The van der Waals surface area contributed by atoms with Gasteiger partial charge in [-0.3, -0.25) is 0 Å². The lowest BCUT2D eigenvalue weighted by Gasteiger charge is -2.17. The molecule has 0 saturated heterocycles. The zero-order chi connectivity index (χ0) is 14.8. The zero-order valence-corrected chi connectivity index (χ0v) is 13.1. The van der Waals surface area contributed by atoms with E-state index in [1.54, 1.807) is 7.11 Å². The molecule has 1 N–H and O–H groups in total. The molecule has 4 nitrogen and oxygen atoms in total. The number of aryl methyl sites for hydroxylation is 1. The van der Waals surface area contributed by atoms with Crippen LogP contribution < -0.4 is 10.1 Å². The summed E-state index contributed by atoms with van der Waals surface area (Å²) in [7, 11) is 3.63. The van der Waals surface area contributed by atoms with E-state index in [1.165, 1.54) is 11.1 Å². The van der Waals surface area contributed by atoms with Crippen LogP contribution in [0.5, 0.6) is 5.75 Å². The molecular formula is C16H27NO3. The van der Waals surface area contributed by atoms with E-state index < -0.39 is 0 Å². The van der Waals surface area contributed by atoms with Gasteiger partial charge < -0.3 is 19.5 Å². The minimum Gasteiger partial charge on any atom is -0.493 e. The molecule has 0 aromatic heterocycles. The highest BCUT2D eigenvalue weighted by molar-refractivity contribution is 5.38. The lowest BCUT2D eigenvalue weighted by molar-refractivity contribution is 0.0643. The van der Waals surface area contributed by atoms with E-state index in [0.717, 1.165) is 12.2 Å². The highest BCUT2D eigenvalue weighted by atomic mass is 16.5. The Morgan fingerprint density at radius 2 is 1.95 bits per heavy atom. The summed E-state index contributed by atoms with van der Waals surface area (Å²) in [5.41, 5.74) is 2.45. The van der Waals surface area contributed by atoms with Crippen molar-refractivity contribution in [2.45, 2.75) is 26.3 Å². The lowest BCUT2D eigenvalue weighted by atomic mass is 10.0. The van der Waals surface area contributed by atoms with Gasteiger partial charge in [0.15, 0.2) is 0 Å². The van der Waals surface area contributed by atoms with Crippen molar-refractivity contribution in [1.29, 1.82) is 0 Å². The first-order chi connectivity index (χ1) is 9.69. The van der Waals surface area contributed by atoms with Gasteiger partial charge in [-0.1, -0.05) is 17.7 Å². The second-order valence-corrected chi connectivity index (χ2v) is 4.86. The Labute approximate surface area is 122 Å². The molecule has 0 heterocycles. The molecule has 1 rings (SSSR count). The molecule has 0 aliphatic rings. The van der Waals surface area contributed by atoms with E-state index in [1.807, 2.05) is 13.1 Å². The monoisotopic (exact) mass is 281 g/mol. The summed E-state index contributed by atoms with van der Waals surface area (Å²) in [5, 5.41) is 3.26. The molecule has 0 bridgehead atoms. The molecule has 0 aliphatic heterocycles. The maximum atomic E-state index is 5.87. The van der Waals surface area contributed by atoms with Crippen molar-refractivity contribution in [3.05, 3.63) is 29.3 Å². The van der Waals surface area contributed by atoms with Gasteiger partial charge >= 0.3 is 0 Å². The quantitative estimate of drug-likeness (QED) is 0.669. The summed E-state index contributed by atoms with van der Waals surface area (Å²) in [4.78, 5) is 0. The van der Waals surface area contributed by atoms with Gasteiger partial charge in [0.2, 0.25) is 0 Å². The minimum absolute atomic E-state index is 0.280. The standard InChI is InChI=1S/C16H27NO3/c1-13-6-7-16(15(12-13)14(2)17-3)20-9-5-8-19-11-10-18-4/h6-7,12,14,17H,5,8-11H2,1-4H3. The normalized spacial score (nSPS) is 12.4. The van der Waals surface area contributed by atoms with Crippen molar-refractivity contribution in [3.8, 4) is 5.75 Å². The van der Waals surface area contributed by atoms with Crippen LogP contribution in [0, 0.1) is 6.92 Å². The number of hydrogen-bond donors (Lipinski definition) is 1. The van der Waals surface area contributed by atoms with Gasteiger partial charge in [0.1, 0.15) is 5.75 Å². The van der Waals surface area contributed by atoms with Crippen molar-refractivity contribution in [2.24, 2.45) is 0 Å². The van der Waals surface area contributed by atoms with E-state index in [2.05, 4.69) is 31.3 Å². The average molecular weight is 281 g/mol. The predicted octanol–water partition coefficient (Wildman–Crippen LogP) is 2.71. The van der Waals surface area contributed by atoms with Crippen molar-refractivity contribution in [2.75, 3.05) is 40.6 Å². The maximum Gasteiger partial charge on any atom is 0.124 e. The smallest absolute Gasteiger partial charge is 0.124 e. The summed E-state index contributed by atoms with van der Waals surface area (Å²) >= 11 is 0. The highest BCUT2D eigenvalue weighted by Gasteiger charge is 2.10. The number of rotatable bonds is 10. The summed E-state index contributed by atoms with van der Waals surface area (Å²) in [5.74, 6) is 0.953. The molecule has 4 heteroatoms. The molecule has 0 fully saturated rings. The Balaban J connectivity index is 2.39. The molecule has 1 aromatic carbocycles. The van der Waals surface area contributed by atoms with Crippen molar-refractivity contribution in [3.63, 3.8) is 0 Å². The van der Waals surface area contributed by atoms with Gasteiger partial charge in [-0.05, 0) is 27.0 Å². The summed E-state index contributed by atoms with van der Waals surface area (Å²) in [6.45, 7) is 6.88. The third-order valence-corrected chi connectivity index (χ3v) is 3.19. The first-order valence-electron chi connectivity index (χ1n) is 7.16. The first-order valence-corrected chi connectivity index (χ1v) is 7.16. The van der Waals surface area contributed by atoms with E-state index >= 15 is 0 Å². The van der Waals surface area contributed by atoms with Gasteiger partial charge in [0, 0.05) is 31.7 Å². The molecule has 114 valence electrons. The van der Waals surface area contributed by atoms with Crippen LogP contribution in [0.15, 0.2) is 18.2 Å². The third-order valence-electron chi connectivity index (χ3n) is 3.19. The van der Waals surface area contributed by atoms with Crippen LogP contribution in [0.3, 0.4) is 0 Å². The lowest BCUT2D eigenvalue weighted by Crippen LogP contribution is -2.14. The molecule has 20 heavy (non-hydrogen) atoms. The van der Waals surface area contributed by atoms with Gasteiger partial charge in [0.25, 0.3) is 0 Å². The minimum atomic E-state index is 0.280. The average Bonchev–Trinajstić information content (AvgIpc) is 2.46. The summed E-state index contributed by atoms with van der Waals surface area (Å²) in [6.07, 6.45) is 0.880. The van der Waals surface area contributed by atoms with Crippen molar-refractivity contribution >= 4 is 0 Å². The van der Waals surface area contributed by atoms with Crippen LogP contribution in [0.2, 0.25) is 0 Å². The Hall–Kier alpha value is -1.10. The second kappa shape index (κ2) is 9.75. The molecule has 0 saturated carbocycles. The van der Waals surface area contributed by atoms with E-state index in [9.17, 15) is 0 Å². The van der Waals surface area contributed by atoms with Gasteiger partial charge in [-0.25, -0.2) is 0 Å². The zero-order valence-electron chi connectivity index (χ0n) is 13.1. The number of hydrogen-bond acceptors (Lipinski definition) is 4. The Morgan fingerprint density at radius 3 is 2.65 bits per heavy atom. The molecule has 0 aliphatic carbocycles. The molecule has 0 radical (unpaired) electrons. The molecule has 0 amide bonds. The second-order valence-electron chi connectivity index (χ2n) is 4.86. The summed E-state index contributed by atoms with van der Waals surface area (Å²) in [6, 6.07) is 6.58. The molecule has 1 unspecified atom stereocenters. The van der Waals surface area contributed by atoms with E-state index in [0.29, 0.717) is 26.4 Å². The van der Waals surface area contributed by atoms with Gasteiger partial charge in [0.05, 0.1) is 19.8 Å². The third kappa shape index (κ3) is 5.90. The fourth-order valence-corrected chi connectivity index (χ4v) is 1.88. The predicted molar refractivity (Wildman–Crippen MR) is 81.5 cm³/mol. The highest BCUT2D eigenvalue weighted by Crippen LogP contribution is 2.26. The Kier molecular flexibility index (Phi) is 8.26. The van der Waals surface area contributed by atoms with E-state index in [-0.39, 0.29) is 6.04 Å². The van der Waals surface area contributed by atoms with Crippen LogP contribution in [0.1, 0.15) is 30.5 Å². The van der Waals surface area contributed by atoms with Crippen LogP contribution >= 0.6 is 0 Å². The number of methoxy groups -OCH3 is 1. The van der Waals surface area contributed by atoms with E-state index in [4.69, 9.17) is 14.2 Å². The number of benzene rings is 1. The Morgan fingerprint density at radius 1 is 1.15 bits per heavy atom. The van der Waals surface area contributed by atoms with Crippen LogP contribution in [-0.2, 0) is 9.47 Å². The maximum absolute atomic E-state index is 5.87. The van der Waals surface area contributed by atoms with Crippen molar-refractivity contribution in [1.82, 2.24) is 5.32 Å². The van der Waals surface area contributed by atoms with Crippen LogP contribution in [-0.4, -0.2) is 40.6 Å². The topological polar surface area (TPSA) is 39.7 Å². The Bertz CT molecular complexity index is 382. The molecule has 1 atom stereocenters. The molecule has 1 aromatic rings. The van der Waals surface area contributed by atoms with Crippen LogP contribution in [0.25, 0.3) is 0 Å². The van der Waals surface area contributed by atoms with Crippen molar-refractivity contribution < 1.29 is 14.2 Å². The fraction of sp³-hybridized carbons (Fsp3) is 0.625. The largest absolute Gasteiger partial charge is 0.493 e. The summed E-state index contributed by atoms with van der Waals surface area (Å²) < 4.78 is 16.2. The number of ether oxygens (including phenoxy) is 3. The van der Waals surface area contributed by atoms with Crippen LogP contribution in [0.4, 0.5) is 0 Å². The molecular weight excluding hydrogens is 254 g/mol. The fourth-order valence-electron chi connectivity index (χ4n) is 1.88. The molecule has 0 spiro atoms. The number of nitrogens with one attached hydrogen (secondary N) is 1. The first kappa shape index (κ1) is 17.0. The SMILES string of the molecule is CNC(C)c1cc(C)ccc1OCCCOCCOC.